The summed E-state index contributed by atoms with van der Waals surface area (Å²) in [6.07, 6.45) is 4.88. The molecule has 0 spiro atoms. The van der Waals surface area contributed by atoms with E-state index in [0.29, 0.717) is 19.1 Å². The highest BCUT2D eigenvalue weighted by atomic mass is 32.2. The van der Waals surface area contributed by atoms with E-state index in [9.17, 15) is 17.2 Å². The second kappa shape index (κ2) is 8.19. The predicted molar refractivity (Wildman–Crippen MR) is 94.8 cm³/mol. The van der Waals surface area contributed by atoms with E-state index in [1.165, 1.54) is 54.3 Å². The average molecular weight is 388 g/mol. The molecular formula is C18H26F2N2O3S. The minimum Gasteiger partial charge on any atom is -0.435 e. The van der Waals surface area contributed by atoms with Crippen molar-refractivity contribution >= 4 is 10.0 Å². The number of benzene rings is 1. The van der Waals surface area contributed by atoms with Crippen molar-refractivity contribution in [3.05, 3.63) is 24.3 Å². The molecule has 1 heterocycles. The summed E-state index contributed by atoms with van der Waals surface area (Å²) in [6, 6.07) is 5.74. The Morgan fingerprint density at radius 3 is 2.12 bits per heavy atom. The number of rotatable bonds is 5. The van der Waals surface area contributed by atoms with E-state index in [-0.39, 0.29) is 10.6 Å². The van der Waals surface area contributed by atoms with Crippen LogP contribution in [-0.2, 0) is 10.0 Å². The van der Waals surface area contributed by atoms with Crippen LogP contribution in [0.25, 0.3) is 0 Å². The topological polar surface area (TPSA) is 49.9 Å². The molecule has 2 aliphatic rings. The molecule has 146 valence electrons. The lowest BCUT2D eigenvalue weighted by molar-refractivity contribution is -0.0498. The van der Waals surface area contributed by atoms with Crippen molar-refractivity contribution < 1.29 is 21.9 Å². The number of alkyl halides is 2. The molecule has 1 saturated heterocycles. The number of sulfonamides is 1. The van der Waals surface area contributed by atoms with Gasteiger partial charge in [-0.15, -0.1) is 0 Å². The van der Waals surface area contributed by atoms with Crippen LogP contribution in [0.1, 0.15) is 32.6 Å². The van der Waals surface area contributed by atoms with Gasteiger partial charge in [-0.2, -0.15) is 13.1 Å². The van der Waals surface area contributed by atoms with Gasteiger partial charge >= 0.3 is 6.61 Å². The van der Waals surface area contributed by atoms with Crippen LogP contribution >= 0.6 is 0 Å². The third-order valence-electron chi connectivity index (χ3n) is 5.46. The Kier molecular flexibility index (Phi) is 6.14. The lowest BCUT2D eigenvalue weighted by Gasteiger charge is -2.41. The van der Waals surface area contributed by atoms with Crippen molar-refractivity contribution in [2.45, 2.75) is 50.2 Å². The SMILES string of the molecule is CC1CCC(N2CCN(S(=O)(=O)c3ccc(OC(F)F)cc3)CC2)CC1. The molecule has 2 fully saturated rings. The van der Waals surface area contributed by atoms with Gasteiger partial charge in [-0.25, -0.2) is 8.42 Å². The maximum atomic E-state index is 12.8. The van der Waals surface area contributed by atoms with Gasteiger partial charge < -0.3 is 4.74 Å². The highest BCUT2D eigenvalue weighted by Crippen LogP contribution is 2.28. The quantitative estimate of drug-likeness (QED) is 0.777. The Hall–Kier alpha value is -1.25. The number of hydrogen-bond donors (Lipinski definition) is 0. The molecule has 8 heteroatoms. The van der Waals surface area contributed by atoms with E-state index in [1.807, 2.05) is 0 Å². The van der Waals surface area contributed by atoms with E-state index >= 15 is 0 Å². The highest BCUT2D eigenvalue weighted by Gasteiger charge is 2.32. The van der Waals surface area contributed by atoms with Crippen molar-refractivity contribution in [2.24, 2.45) is 5.92 Å². The molecule has 0 bridgehead atoms. The summed E-state index contributed by atoms with van der Waals surface area (Å²) in [4.78, 5) is 2.52. The Labute approximate surface area is 154 Å². The maximum absolute atomic E-state index is 12.8. The van der Waals surface area contributed by atoms with Crippen molar-refractivity contribution in [3.63, 3.8) is 0 Å². The van der Waals surface area contributed by atoms with Gasteiger partial charge in [0.05, 0.1) is 4.90 Å². The molecule has 5 nitrogen and oxygen atoms in total. The monoisotopic (exact) mass is 388 g/mol. The molecule has 0 N–H and O–H groups in total. The van der Waals surface area contributed by atoms with Gasteiger partial charge in [0, 0.05) is 32.2 Å². The normalized spacial score (nSPS) is 26.2. The largest absolute Gasteiger partial charge is 0.435 e. The Morgan fingerprint density at radius 2 is 1.58 bits per heavy atom. The van der Waals surface area contributed by atoms with Crippen LogP contribution in [0.15, 0.2) is 29.2 Å². The lowest BCUT2D eigenvalue weighted by Crippen LogP contribution is -2.52. The lowest BCUT2D eigenvalue weighted by atomic mass is 9.86. The minimum absolute atomic E-state index is 0.0460. The number of halogens is 2. The zero-order valence-corrected chi connectivity index (χ0v) is 15.8. The van der Waals surface area contributed by atoms with Gasteiger partial charge in [0.2, 0.25) is 10.0 Å². The summed E-state index contributed by atoms with van der Waals surface area (Å²) < 4.78 is 55.7. The molecule has 1 saturated carbocycles. The molecule has 1 aromatic rings. The van der Waals surface area contributed by atoms with Crippen molar-refractivity contribution in [2.75, 3.05) is 26.2 Å². The smallest absolute Gasteiger partial charge is 0.387 e. The second-order valence-corrected chi connectivity index (χ2v) is 9.14. The molecule has 0 radical (unpaired) electrons. The first kappa shape index (κ1) is 19.5. The van der Waals surface area contributed by atoms with Gasteiger partial charge in [-0.1, -0.05) is 6.92 Å². The third-order valence-corrected chi connectivity index (χ3v) is 7.37. The van der Waals surface area contributed by atoms with Crippen LogP contribution in [0.3, 0.4) is 0 Å². The summed E-state index contributed by atoms with van der Waals surface area (Å²) in [5.41, 5.74) is 0. The first-order chi connectivity index (χ1) is 12.4. The van der Waals surface area contributed by atoms with E-state index in [1.54, 1.807) is 0 Å². The second-order valence-electron chi connectivity index (χ2n) is 7.20. The van der Waals surface area contributed by atoms with Crippen LogP contribution in [0.5, 0.6) is 5.75 Å². The molecule has 0 amide bonds. The van der Waals surface area contributed by atoms with Gasteiger partial charge in [0.1, 0.15) is 5.75 Å². The fraction of sp³-hybridized carbons (Fsp3) is 0.667. The molecule has 0 aromatic heterocycles. The summed E-state index contributed by atoms with van der Waals surface area (Å²) in [6.45, 7) is 1.77. The van der Waals surface area contributed by atoms with Gasteiger partial charge in [0.15, 0.2) is 0 Å². The Morgan fingerprint density at radius 1 is 1.00 bits per heavy atom. The third kappa shape index (κ3) is 4.53. The fourth-order valence-electron chi connectivity index (χ4n) is 3.86. The van der Waals surface area contributed by atoms with E-state index in [0.717, 1.165) is 19.0 Å². The molecule has 1 aromatic carbocycles. The summed E-state index contributed by atoms with van der Waals surface area (Å²) in [5, 5.41) is 0. The van der Waals surface area contributed by atoms with E-state index < -0.39 is 16.6 Å². The summed E-state index contributed by atoms with van der Waals surface area (Å²) in [7, 11) is -3.61. The highest BCUT2D eigenvalue weighted by molar-refractivity contribution is 7.89. The van der Waals surface area contributed by atoms with Crippen LogP contribution in [0.4, 0.5) is 8.78 Å². The van der Waals surface area contributed by atoms with Crippen LogP contribution in [0.2, 0.25) is 0 Å². The summed E-state index contributed by atoms with van der Waals surface area (Å²) in [5.74, 6) is 0.750. The fourth-order valence-corrected chi connectivity index (χ4v) is 5.28. The van der Waals surface area contributed by atoms with E-state index in [4.69, 9.17) is 0 Å². The van der Waals surface area contributed by atoms with Crippen molar-refractivity contribution in [1.82, 2.24) is 9.21 Å². The average Bonchev–Trinajstić information content (AvgIpc) is 2.62. The van der Waals surface area contributed by atoms with Crippen LogP contribution in [-0.4, -0.2) is 56.5 Å². The zero-order valence-electron chi connectivity index (χ0n) is 15.0. The first-order valence-electron chi connectivity index (χ1n) is 9.15. The molecule has 1 aliphatic carbocycles. The van der Waals surface area contributed by atoms with Crippen LogP contribution in [0, 0.1) is 5.92 Å². The zero-order chi connectivity index (χ0) is 18.7. The Bertz CT molecular complexity index is 681. The molecular weight excluding hydrogens is 362 g/mol. The number of hydrogen-bond acceptors (Lipinski definition) is 4. The first-order valence-corrected chi connectivity index (χ1v) is 10.6. The molecule has 26 heavy (non-hydrogen) atoms. The summed E-state index contributed by atoms with van der Waals surface area (Å²) >= 11 is 0. The molecule has 0 atom stereocenters. The predicted octanol–water partition coefficient (Wildman–Crippen LogP) is 3.17. The molecule has 3 rings (SSSR count). The van der Waals surface area contributed by atoms with Crippen LogP contribution < -0.4 is 4.74 Å². The van der Waals surface area contributed by atoms with Gasteiger partial charge in [0.25, 0.3) is 0 Å². The molecule has 0 unspecified atom stereocenters. The van der Waals surface area contributed by atoms with Gasteiger partial charge in [-0.05, 0) is 55.9 Å². The maximum Gasteiger partial charge on any atom is 0.387 e. The number of ether oxygens (including phenoxy) is 1. The molecule has 1 aliphatic heterocycles. The van der Waals surface area contributed by atoms with Crippen molar-refractivity contribution in [1.29, 1.82) is 0 Å². The number of nitrogens with zero attached hydrogens (tertiary/aromatic N) is 2. The standard InChI is InChI=1S/C18H26F2N2O3S/c1-14-2-4-15(5-3-14)21-10-12-22(13-11-21)26(23,24)17-8-6-16(7-9-17)25-18(19)20/h6-9,14-15,18H,2-5,10-13H2,1H3. The number of piperazine rings is 1. The van der Waals surface area contributed by atoms with E-state index in [2.05, 4.69) is 16.6 Å². The van der Waals surface area contributed by atoms with Crippen molar-refractivity contribution in [3.8, 4) is 5.75 Å². The Balaban J connectivity index is 1.59. The minimum atomic E-state index is -3.61. The van der Waals surface area contributed by atoms with Gasteiger partial charge in [-0.3, -0.25) is 4.90 Å².